The van der Waals surface area contributed by atoms with Gasteiger partial charge in [-0.25, -0.2) is 8.42 Å². The first-order valence-electron chi connectivity index (χ1n) is 13.8. The van der Waals surface area contributed by atoms with E-state index in [-0.39, 0.29) is 40.3 Å². The van der Waals surface area contributed by atoms with Crippen molar-refractivity contribution in [2.45, 2.75) is 37.4 Å². The van der Waals surface area contributed by atoms with Crippen LogP contribution in [0.5, 0.6) is 17.2 Å². The number of nitrogens with one attached hydrogen (secondary N) is 1. The second-order valence-electron chi connectivity index (χ2n) is 10.6. The van der Waals surface area contributed by atoms with Crippen molar-refractivity contribution in [2.24, 2.45) is 5.92 Å². The number of carbonyl (C=O) groups is 1. The Morgan fingerprint density at radius 2 is 1.67 bits per heavy atom. The van der Waals surface area contributed by atoms with Gasteiger partial charge in [-0.05, 0) is 68.1 Å². The van der Waals surface area contributed by atoms with Gasteiger partial charge in [-0.15, -0.1) is 0 Å². The van der Waals surface area contributed by atoms with Gasteiger partial charge in [0.15, 0.2) is 5.75 Å². The smallest absolute Gasteiger partial charge is 0.262 e. The average molecular weight is 598 g/mol. The van der Waals surface area contributed by atoms with Crippen molar-refractivity contribution >= 4 is 21.6 Å². The topological polar surface area (TPSA) is 118 Å². The molecule has 3 aromatic carbocycles. The SMILES string of the molecule is COc1ccc(CN(C)C[C@H]2Oc3c(NS(=O)(=O)c4ccc(OC)cc4)cccc3C(=O)N([C@H](C)CO)C[C@H]2C)cc1. The van der Waals surface area contributed by atoms with Gasteiger partial charge < -0.3 is 24.2 Å². The van der Waals surface area contributed by atoms with Gasteiger partial charge >= 0.3 is 0 Å². The molecule has 3 atom stereocenters. The zero-order valence-corrected chi connectivity index (χ0v) is 25.4. The summed E-state index contributed by atoms with van der Waals surface area (Å²) in [6.45, 7) is 5.08. The van der Waals surface area contributed by atoms with Crippen LogP contribution in [-0.4, -0.2) is 82.3 Å². The third kappa shape index (κ3) is 7.15. The van der Waals surface area contributed by atoms with Crippen LogP contribution in [0.1, 0.15) is 29.8 Å². The van der Waals surface area contributed by atoms with E-state index in [1.165, 1.54) is 19.2 Å². The molecular formula is C31H39N3O7S. The molecule has 0 spiro atoms. The summed E-state index contributed by atoms with van der Waals surface area (Å²) in [7, 11) is 1.10. The van der Waals surface area contributed by atoms with Gasteiger partial charge in [0.2, 0.25) is 0 Å². The molecule has 42 heavy (non-hydrogen) atoms. The van der Waals surface area contributed by atoms with Crippen LogP contribution >= 0.6 is 0 Å². The minimum absolute atomic E-state index is 0.0396. The minimum Gasteiger partial charge on any atom is -0.497 e. The van der Waals surface area contributed by atoms with Crippen molar-refractivity contribution < 1.29 is 32.5 Å². The third-order valence-corrected chi connectivity index (χ3v) is 8.79. The Hall–Kier alpha value is -3.80. The van der Waals surface area contributed by atoms with E-state index in [1.807, 2.05) is 38.2 Å². The first kappa shape index (κ1) is 31.1. The van der Waals surface area contributed by atoms with Gasteiger partial charge in [0, 0.05) is 25.6 Å². The molecule has 0 saturated heterocycles. The van der Waals surface area contributed by atoms with Crippen molar-refractivity contribution in [3.8, 4) is 17.2 Å². The summed E-state index contributed by atoms with van der Waals surface area (Å²) >= 11 is 0. The van der Waals surface area contributed by atoms with Gasteiger partial charge in [-0.3, -0.25) is 14.4 Å². The number of ether oxygens (including phenoxy) is 3. The molecule has 0 saturated carbocycles. The minimum atomic E-state index is -4.02. The maximum absolute atomic E-state index is 13.7. The molecule has 0 aromatic heterocycles. The fraction of sp³-hybridized carbons (Fsp3) is 0.387. The van der Waals surface area contributed by atoms with Gasteiger partial charge in [-0.1, -0.05) is 25.1 Å². The summed E-state index contributed by atoms with van der Waals surface area (Å²) in [6, 6.07) is 18.2. The number of aliphatic hydroxyl groups excluding tert-OH is 1. The molecule has 2 N–H and O–H groups in total. The summed E-state index contributed by atoms with van der Waals surface area (Å²) in [5, 5.41) is 9.94. The molecule has 10 nitrogen and oxygen atoms in total. The maximum Gasteiger partial charge on any atom is 0.262 e. The average Bonchev–Trinajstić information content (AvgIpc) is 2.99. The number of carbonyl (C=O) groups excluding carboxylic acids is 1. The number of fused-ring (bicyclic) bond motifs is 1. The van der Waals surface area contributed by atoms with Crippen LogP contribution in [0.15, 0.2) is 71.6 Å². The summed E-state index contributed by atoms with van der Waals surface area (Å²) in [5.41, 5.74) is 1.47. The van der Waals surface area contributed by atoms with E-state index in [4.69, 9.17) is 14.2 Å². The van der Waals surface area contributed by atoms with Crippen molar-refractivity contribution in [2.75, 3.05) is 45.7 Å². The zero-order chi connectivity index (χ0) is 30.4. The van der Waals surface area contributed by atoms with Crippen LogP contribution < -0.4 is 18.9 Å². The molecular weight excluding hydrogens is 558 g/mol. The van der Waals surface area contributed by atoms with Crippen molar-refractivity contribution in [1.29, 1.82) is 0 Å². The van der Waals surface area contributed by atoms with Gasteiger partial charge in [0.25, 0.3) is 15.9 Å². The monoisotopic (exact) mass is 597 g/mol. The molecule has 0 radical (unpaired) electrons. The first-order valence-corrected chi connectivity index (χ1v) is 15.2. The van der Waals surface area contributed by atoms with Crippen molar-refractivity contribution in [3.63, 3.8) is 0 Å². The highest BCUT2D eigenvalue weighted by Gasteiger charge is 2.35. The van der Waals surface area contributed by atoms with Crippen molar-refractivity contribution in [1.82, 2.24) is 9.80 Å². The molecule has 1 heterocycles. The lowest BCUT2D eigenvalue weighted by Crippen LogP contribution is -2.49. The number of hydrogen-bond donors (Lipinski definition) is 2. The molecule has 226 valence electrons. The van der Waals surface area contributed by atoms with E-state index in [0.29, 0.717) is 25.4 Å². The number of sulfonamides is 1. The molecule has 1 amide bonds. The molecule has 0 aliphatic carbocycles. The molecule has 11 heteroatoms. The van der Waals surface area contributed by atoms with Crippen LogP contribution in [0.2, 0.25) is 0 Å². The predicted molar refractivity (Wildman–Crippen MR) is 161 cm³/mol. The van der Waals surface area contributed by atoms with Crippen LogP contribution in [0.4, 0.5) is 5.69 Å². The van der Waals surface area contributed by atoms with Crippen molar-refractivity contribution in [3.05, 3.63) is 77.9 Å². The summed E-state index contributed by atoms with van der Waals surface area (Å²) in [6.07, 6.45) is -0.403. The fourth-order valence-electron chi connectivity index (χ4n) is 4.91. The van der Waals surface area contributed by atoms with E-state index in [9.17, 15) is 18.3 Å². The van der Waals surface area contributed by atoms with Crippen LogP contribution in [0, 0.1) is 5.92 Å². The van der Waals surface area contributed by atoms with E-state index >= 15 is 0 Å². The second kappa shape index (κ2) is 13.5. The Bertz CT molecular complexity index is 1460. The number of benzene rings is 3. The number of amides is 1. The molecule has 4 rings (SSSR count). The lowest BCUT2D eigenvalue weighted by atomic mass is 9.99. The number of rotatable bonds is 11. The molecule has 3 aromatic rings. The number of methoxy groups -OCH3 is 2. The number of nitrogens with zero attached hydrogens (tertiary/aromatic N) is 2. The largest absolute Gasteiger partial charge is 0.497 e. The normalized spacial score (nSPS) is 18.0. The summed E-state index contributed by atoms with van der Waals surface area (Å²) in [4.78, 5) is 17.5. The highest BCUT2D eigenvalue weighted by Crippen LogP contribution is 2.36. The number of hydrogen-bond acceptors (Lipinski definition) is 8. The predicted octanol–water partition coefficient (Wildman–Crippen LogP) is 3.86. The summed E-state index contributed by atoms with van der Waals surface area (Å²) < 4.78 is 46.3. The highest BCUT2D eigenvalue weighted by atomic mass is 32.2. The molecule has 1 aliphatic heterocycles. The van der Waals surface area contributed by atoms with E-state index < -0.39 is 22.2 Å². The quantitative estimate of drug-likeness (QED) is 0.342. The number of anilines is 1. The van der Waals surface area contributed by atoms with Gasteiger partial charge in [0.1, 0.15) is 17.6 Å². The van der Waals surface area contributed by atoms with Gasteiger partial charge in [-0.2, -0.15) is 0 Å². The lowest BCUT2D eigenvalue weighted by molar-refractivity contribution is 0.0344. The summed E-state index contributed by atoms with van der Waals surface area (Å²) in [5.74, 6) is 0.988. The maximum atomic E-state index is 13.7. The molecule has 0 bridgehead atoms. The van der Waals surface area contributed by atoms with Gasteiger partial charge in [0.05, 0.1) is 43.0 Å². The van der Waals surface area contributed by atoms with E-state index in [2.05, 4.69) is 9.62 Å². The van der Waals surface area contributed by atoms with Crippen LogP contribution in [0.25, 0.3) is 0 Å². The number of para-hydroxylation sites is 1. The van der Waals surface area contributed by atoms with E-state index in [1.54, 1.807) is 49.3 Å². The van der Waals surface area contributed by atoms with Crippen LogP contribution in [0.3, 0.4) is 0 Å². The molecule has 0 unspecified atom stereocenters. The Kier molecular flexibility index (Phi) is 9.97. The second-order valence-corrected chi connectivity index (χ2v) is 12.3. The Morgan fingerprint density at radius 3 is 2.26 bits per heavy atom. The Balaban J connectivity index is 1.68. The standard InChI is InChI=1S/C31H39N3O7S/c1-21-17-34(22(2)20-35)31(36)27-7-6-8-28(32-42(37,38)26-15-13-25(40-5)14-16-26)30(27)41-29(21)19-33(3)18-23-9-11-24(39-4)12-10-23/h6-16,21-22,29,32,35H,17-20H2,1-5H3/t21-,22-,29-/m1/s1. The highest BCUT2D eigenvalue weighted by molar-refractivity contribution is 7.92. The number of likely N-dealkylation sites (N-methyl/N-ethyl adjacent to an activating group) is 1. The molecule has 0 fully saturated rings. The lowest BCUT2D eigenvalue weighted by Gasteiger charge is -2.38. The van der Waals surface area contributed by atoms with Crippen LogP contribution in [-0.2, 0) is 16.6 Å². The third-order valence-electron chi connectivity index (χ3n) is 7.41. The Labute approximate surface area is 247 Å². The first-order chi connectivity index (χ1) is 20.1. The number of aliphatic hydroxyl groups is 1. The zero-order valence-electron chi connectivity index (χ0n) is 24.6. The molecule has 1 aliphatic rings. The Morgan fingerprint density at radius 1 is 1.05 bits per heavy atom. The van der Waals surface area contributed by atoms with E-state index in [0.717, 1.165) is 11.3 Å². The fourth-order valence-corrected chi connectivity index (χ4v) is 5.98.